The van der Waals surface area contributed by atoms with E-state index in [-0.39, 0.29) is 31.6 Å². The summed E-state index contributed by atoms with van der Waals surface area (Å²) in [5.74, 6) is -1.19. The Labute approximate surface area is 95.5 Å². The van der Waals surface area contributed by atoms with Crippen LogP contribution in [0.3, 0.4) is 0 Å². The zero-order chi connectivity index (χ0) is 12.6. The number of rotatable bonds is 8. The van der Waals surface area contributed by atoms with Crippen molar-refractivity contribution >= 4 is 16.0 Å². The van der Waals surface area contributed by atoms with Crippen LogP contribution in [0.2, 0.25) is 0 Å². The Hall–Kier alpha value is -1.13. The summed E-state index contributed by atoms with van der Waals surface area (Å²) in [7, 11) is -3.42. The SMILES string of the molecule is CCN(CCC#N)S(=O)(=O)CCCC(=O)O. The van der Waals surface area contributed by atoms with Crippen LogP contribution in [-0.2, 0) is 14.8 Å². The van der Waals surface area contributed by atoms with Crippen LogP contribution in [0, 0.1) is 11.3 Å². The lowest BCUT2D eigenvalue weighted by atomic mass is 10.3. The Kier molecular flexibility index (Phi) is 6.69. The molecule has 16 heavy (non-hydrogen) atoms. The van der Waals surface area contributed by atoms with Gasteiger partial charge in [0, 0.05) is 25.9 Å². The van der Waals surface area contributed by atoms with Gasteiger partial charge in [-0.2, -0.15) is 5.26 Å². The number of nitriles is 1. The van der Waals surface area contributed by atoms with Gasteiger partial charge in [0.25, 0.3) is 0 Å². The van der Waals surface area contributed by atoms with Crippen molar-refractivity contribution in [3.63, 3.8) is 0 Å². The van der Waals surface area contributed by atoms with Gasteiger partial charge < -0.3 is 5.11 Å². The van der Waals surface area contributed by atoms with Crippen LogP contribution in [0.5, 0.6) is 0 Å². The van der Waals surface area contributed by atoms with Crippen molar-refractivity contribution in [2.75, 3.05) is 18.8 Å². The van der Waals surface area contributed by atoms with E-state index in [0.29, 0.717) is 6.54 Å². The van der Waals surface area contributed by atoms with E-state index in [4.69, 9.17) is 10.4 Å². The average molecular weight is 248 g/mol. The van der Waals surface area contributed by atoms with E-state index in [0.717, 1.165) is 0 Å². The van der Waals surface area contributed by atoms with E-state index in [2.05, 4.69) is 0 Å². The van der Waals surface area contributed by atoms with Crippen LogP contribution in [-0.4, -0.2) is 42.6 Å². The molecule has 0 rings (SSSR count). The van der Waals surface area contributed by atoms with Gasteiger partial charge in [-0.15, -0.1) is 0 Å². The molecule has 92 valence electrons. The Morgan fingerprint density at radius 3 is 2.56 bits per heavy atom. The minimum Gasteiger partial charge on any atom is -0.481 e. The van der Waals surface area contributed by atoms with Crippen molar-refractivity contribution in [2.45, 2.75) is 26.2 Å². The minimum absolute atomic E-state index is 0.0979. The first kappa shape index (κ1) is 14.9. The molecule has 0 unspecified atom stereocenters. The maximum absolute atomic E-state index is 11.7. The van der Waals surface area contributed by atoms with Crippen LogP contribution in [0.1, 0.15) is 26.2 Å². The maximum Gasteiger partial charge on any atom is 0.303 e. The van der Waals surface area contributed by atoms with Gasteiger partial charge >= 0.3 is 5.97 Å². The van der Waals surface area contributed by atoms with Gasteiger partial charge in [-0.1, -0.05) is 6.92 Å². The molecule has 0 saturated carbocycles. The highest BCUT2D eigenvalue weighted by atomic mass is 32.2. The van der Waals surface area contributed by atoms with Gasteiger partial charge in [-0.25, -0.2) is 12.7 Å². The molecule has 0 aromatic carbocycles. The van der Waals surface area contributed by atoms with Crippen molar-refractivity contribution in [3.8, 4) is 6.07 Å². The largest absolute Gasteiger partial charge is 0.481 e. The molecule has 0 bridgehead atoms. The lowest BCUT2D eigenvalue weighted by Crippen LogP contribution is -2.33. The van der Waals surface area contributed by atoms with Crippen molar-refractivity contribution in [2.24, 2.45) is 0 Å². The predicted octanol–water partition coefficient (Wildman–Crippen LogP) is 0.417. The summed E-state index contributed by atoms with van der Waals surface area (Å²) in [6.07, 6.45) is 0.0851. The number of carboxylic acids is 1. The molecule has 0 fully saturated rings. The van der Waals surface area contributed by atoms with E-state index in [1.807, 2.05) is 6.07 Å². The second-order valence-electron chi connectivity index (χ2n) is 3.21. The maximum atomic E-state index is 11.7. The molecule has 6 nitrogen and oxygen atoms in total. The Bertz CT molecular complexity index is 358. The predicted molar refractivity (Wildman–Crippen MR) is 58.1 cm³/mol. The molecular weight excluding hydrogens is 232 g/mol. The Morgan fingerprint density at radius 2 is 2.12 bits per heavy atom. The number of carbonyl (C=O) groups is 1. The number of nitrogens with zero attached hydrogens (tertiary/aromatic N) is 2. The zero-order valence-electron chi connectivity index (χ0n) is 9.22. The van der Waals surface area contributed by atoms with Gasteiger partial charge in [-0.3, -0.25) is 4.79 Å². The number of hydrogen-bond donors (Lipinski definition) is 1. The van der Waals surface area contributed by atoms with Crippen molar-refractivity contribution in [3.05, 3.63) is 0 Å². The molecule has 0 aliphatic carbocycles. The standard InChI is InChI=1S/C9H16N2O4S/c1-2-11(7-4-6-10)16(14,15)8-3-5-9(12)13/h2-5,7-8H2,1H3,(H,12,13). The molecule has 0 aromatic heterocycles. The number of sulfonamides is 1. The molecule has 0 aliphatic heterocycles. The van der Waals surface area contributed by atoms with Crippen LogP contribution in [0.15, 0.2) is 0 Å². The highest BCUT2D eigenvalue weighted by Crippen LogP contribution is 2.05. The first-order valence-electron chi connectivity index (χ1n) is 5.00. The van der Waals surface area contributed by atoms with Crippen molar-refractivity contribution in [1.82, 2.24) is 4.31 Å². The second-order valence-corrected chi connectivity index (χ2v) is 5.30. The quantitative estimate of drug-likeness (QED) is 0.671. The van der Waals surface area contributed by atoms with Crippen LogP contribution < -0.4 is 0 Å². The first-order chi connectivity index (χ1) is 7.44. The summed E-state index contributed by atoms with van der Waals surface area (Å²) in [6, 6.07) is 1.88. The summed E-state index contributed by atoms with van der Waals surface area (Å²) >= 11 is 0. The topological polar surface area (TPSA) is 98.5 Å². The lowest BCUT2D eigenvalue weighted by molar-refractivity contribution is -0.137. The van der Waals surface area contributed by atoms with Gasteiger partial charge in [0.1, 0.15) is 0 Å². The molecule has 0 aliphatic rings. The molecule has 0 spiro atoms. The molecule has 0 aromatic rings. The number of hydrogen-bond acceptors (Lipinski definition) is 4. The molecule has 0 atom stereocenters. The summed E-state index contributed by atoms with van der Waals surface area (Å²) in [4.78, 5) is 10.2. The fraction of sp³-hybridized carbons (Fsp3) is 0.778. The average Bonchev–Trinajstić information content (AvgIpc) is 2.17. The fourth-order valence-electron chi connectivity index (χ4n) is 1.20. The van der Waals surface area contributed by atoms with E-state index >= 15 is 0 Å². The van der Waals surface area contributed by atoms with Gasteiger partial charge in [0.05, 0.1) is 11.8 Å². The molecule has 1 N–H and O–H groups in total. The smallest absolute Gasteiger partial charge is 0.303 e. The van der Waals surface area contributed by atoms with E-state index in [1.54, 1.807) is 6.92 Å². The highest BCUT2D eigenvalue weighted by Gasteiger charge is 2.19. The molecule has 0 amide bonds. The molecule has 0 heterocycles. The molecule has 7 heteroatoms. The summed E-state index contributed by atoms with van der Waals surface area (Å²) in [6.45, 7) is 2.16. The third-order valence-electron chi connectivity index (χ3n) is 2.01. The van der Waals surface area contributed by atoms with Crippen LogP contribution in [0.25, 0.3) is 0 Å². The van der Waals surface area contributed by atoms with Crippen LogP contribution in [0.4, 0.5) is 0 Å². The second kappa shape index (κ2) is 7.19. The fourth-order valence-corrected chi connectivity index (χ4v) is 2.73. The molecular formula is C9H16N2O4S. The summed E-state index contributed by atoms with van der Waals surface area (Å²) in [5.41, 5.74) is 0. The van der Waals surface area contributed by atoms with E-state index in [9.17, 15) is 13.2 Å². The number of aliphatic carboxylic acids is 1. The van der Waals surface area contributed by atoms with Gasteiger partial charge in [0.15, 0.2) is 0 Å². The highest BCUT2D eigenvalue weighted by molar-refractivity contribution is 7.89. The van der Waals surface area contributed by atoms with Crippen molar-refractivity contribution < 1.29 is 18.3 Å². The number of carboxylic acid groups (broad SMARTS) is 1. The normalized spacial score (nSPS) is 11.3. The van der Waals surface area contributed by atoms with Crippen LogP contribution >= 0.6 is 0 Å². The third kappa shape index (κ3) is 5.68. The summed E-state index contributed by atoms with van der Waals surface area (Å²) in [5, 5.41) is 16.8. The van der Waals surface area contributed by atoms with Crippen molar-refractivity contribution in [1.29, 1.82) is 5.26 Å². The van der Waals surface area contributed by atoms with Gasteiger partial charge in [0.2, 0.25) is 10.0 Å². The van der Waals surface area contributed by atoms with E-state index in [1.165, 1.54) is 4.31 Å². The van der Waals surface area contributed by atoms with Gasteiger partial charge in [-0.05, 0) is 6.42 Å². The summed E-state index contributed by atoms with van der Waals surface area (Å²) < 4.78 is 24.6. The monoisotopic (exact) mass is 248 g/mol. The Morgan fingerprint density at radius 1 is 1.50 bits per heavy atom. The third-order valence-corrected chi connectivity index (χ3v) is 4.04. The first-order valence-corrected chi connectivity index (χ1v) is 6.61. The molecule has 0 radical (unpaired) electrons. The molecule has 0 saturated heterocycles. The Balaban J connectivity index is 4.27. The van der Waals surface area contributed by atoms with E-state index < -0.39 is 16.0 Å². The minimum atomic E-state index is -3.42. The zero-order valence-corrected chi connectivity index (χ0v) is 10.0. The lowest BCUT2D eigenvalue weighted by Gasteiger charge is -2.18.